The lowest BCUT2D eigenvalue weighted by atomic mass is 9.51. The van der Waals surface area contributed by atoms with Crippen LogP contribution in [0.4, 0.5) is 5.69 Å². The second-order valence-corrected chi connectivity index (χ2v) is 13.0. The summed E-state index contributed by atoms with van der Waals surface area (Å²) in [5.74, 6) is -3.74. The first kappa shape index (κ1) is 26.4. The number of hydrogen-bond donors (Lipinski definition) is 1. The van der Waals surface area contributed by atoms with E-state index in [9.17, 15) is 24.3 Å². The summed E-state index contributed by atoms with van der Waals surface area (Å²) >= 11 is 6.43. The first-order valence-electron chi connectivity index (χ1n) is 14.7. The van der Waals surface area contributed by atoms with Gasteiger partial charge in [-0.2, -0.15) is 0 Å². The Kier molecular flexibility index (Phi) is 6.16. The number of carbonyl (C=O) groups is 4. The number of para-hydroxylation sites is 1. The number of nitrogens with zero attached hydrogens (tertiary/aromatic N) is 2. The Morgan fingerprint density at radius 2 is 1.63 bits per heavy atom. The number of halogens is 1. The van der Waals surface area contributed by atoms with Gasteiger partial charge < -0.3 is 5.11 Å². The summed E-state index contributed by atoms with van der Waals surface area (Å²) in [6.45, 7) is 1.81. The van der Waals surface area contributed by atoms with Gasteiger partial charge in [0, 0.05) is 22.5 Å². The third-order valence-corrected chi connectivity index (χ3v) is 10.8. The molecular weight excluding hydrogens is 540 g/mol. The SMILES string of the molecule is C[C@@]12C(=O)N(c3ccccc3)C(=O)[C@@H]1C[C@@H]1C(=CC[C@@H]3C(=O)N(C4CCCCC4)C(=O)[C@@H]31)[C@@H]2c1cc(Cl)ccc1O. The highest BCUT2D eigenvalue weighted by Gasteiger charge is 2.68. The first-order chi connectivity index (χ1) is 19.7. The first-order valence-corrected chi connectivity index (χ1v) is 15.1. The molecule has 2 saturated heterocycles. The standard InChI is InChI=1S/C33H33ClN2O5/c1-33-25(30(39)36(32(33)41)20-10-6-3-7-11-20)17-23-21(28(33)24-16-18(34)12-15-26(24)37)13-14-22-27(23)31(40)35(29(22)38)19-8-4-2-5-9-19/h3,6-7,10-13,15-16,19,22-23,25,27-28,37H,2,4-5,8-9,14,17H2,1H3/t22-,23+,25-,27-,28+,33+/m0/s1. The smallest absolute Gasteiger partial charge is 0.241 e. The Balaban J connectivity index is 1.36. The van der Waals surface area contributed by atoms with Crippen LogP contribution in [0.15, 0.2) is 60.2 Å². The van der Waals surface area contributed by atoms with Crippen molar-refractivity contribution in [2.75, 3.05) is 4.90 Å². The van der Waals surface area contributed by atoms with Crippen molar-refractivity contribution in [3.05, 3.63) is 70.8 Å². The van der Waals surface area contributed by atoms with E-state index in [4.69, 9.17) is 11.6 Å². The minimum atomic E-state index is -1.21. The molecule has 2 aliphatic heterocycles. The van der Waals surface area contributed by atoms with Crippen LogP contribution in [0.3, 0.4) is 0 Å². The van der Waals surface area contributed by atoms with Crippen LogP contribution in [-0.4, -0.2) is 39.7 Å². The molecule has 8 heteroatoms. The van der Waals surface area contributed by atoms with Crippen molar-refractivity contribution in [2.24, 2.45) is 29.1 Å². The molecule has 4 fully saturated rings. The number of likely N-dealkylation sites (tertiary alicyclic amines) is 1. The van der Waals surface area contributed by atoms with Crippen molar-refractivity contribution in [2.45, 2.75) is 63.8 Å². The summed E-state index contributed by atoms with van der Waals surface area (Å²) < 4.78 is 0. The lowest BCUT2D eigenvalue weighted by Gasteiger charge is -2.49. The molecule has 0 radical (unpaired) electrons. The van der Waals surface area contributed by atoms with Crippen LogP contribution in [0.1, 0.15) is 63.4 Å². The summed E-state index contributed by atoms with van der Waals surface area (Å²) in [7, 11) is 0. The Bertz CT molecular complexity index is 1500. The molecule has 5 aliphatic rings. The van der Waals surface area contributed by atoms with Gasteiger partial charge in [0.25, 0.3) is 0 Å². The molecule has 2 aromatic rings. The number of benzene rings is 2. The van der Waals surface area contributed by atoms with Crippen LogP contribution >= 0.6 is 11.6 Å². The lowest BCUT2D eigenvalue weighted by molar-refractivity contribution is -0.144. The van der Waals surface area contributed by atoms with Gasteiger partial charge in [-0.1, -0.05) is 60.7 Å². The monoisotopic (exact) mass is 572 g/mol. The number of anilines is 1. The van der Waals surface area contributed by atoms with Crippen LogP contribution in [0, 0.1) is 29.1 Å². The Labute approximate surface area is 244 Å². The number of aromatic hydroxyl groups is 1. The van der Waals surface area contributed by atoms with Gasteiger partial charge in [-0.05, 0) is 68.9 Å². The molecule has 4 amide bonds. The number of allylic oxidation sites excluding steroid dienone is 2. The van der Waals surface area contributed by atoms with E-state index in [1.165, 1.54) is 11.0 Å². The largest absolute Gasteiger partial charge is 0.508 e. The zero-order valence-electron chi connectivity index (χ0n) is 23.0. The Hall–Kier alpha value is -3.45. The highest BCUT2D eigenvalue weighted by molar-refractivity contribution is 6.30. The number of phenolic OH excluding ortho intramolecular Hbond substituents is 1. The zero-order valence-corrected chi connectivity index (χ0v) is 23.7. The normalized spacial score (nSPS) is 33.5. The molecule has 2 saturated carbocycles. The molecule has 0 spiro atoms. The third-order valence-electron chi connectivity index (χ3n) is 10.6. The molecule has 7 nitrogen and oxygen atoms in total. The maximum absolute atomic E-state index is 14.4. The van der Waals surface area contributed by atoms with Gasteiger partial charge >= 0.3 is 0 Å². The fourth-order valence-electron chi connectivity index (χ4n) is 8.66. The number of amides is 4. The van der Waals surface area contributed by atoms with Crippen LogP contribution in [0.2, 0.25) is 5.02 Å². The molecule has 0 unspecified atom stereocenters. The molecule has 6 atom stereocenters. The number of hydrogen-bond acceptors (Lipinski definition) is 5. The van der Waals surface area contributed by atoms with E-state index >= 15 is 0 Å². The molecule has 7 rings (SSSR count). The van der Waals surface area contributed by atoms with Gasteiger partial charge in [0.05, 0.1) is 28.9 Å². The molecule has 2 heterocycles. The van der Waals surface area contributed by atoms with E-state index in [1.54, 1.807) is 41.3 Å². The van der Waals surface area contributed by atoms with Crippen molar-refractivity contribution in [3.8, 4) is 5.75 Å². The molecule has 41 heavy (non-hydrogen) atoms. The van der Waals surface area contributed by atoms with Crippen molar-refractivity contribution in [1.82, 2.24) is 4.90 Å². The van der Waals surface area contributed by atoms with Gasteiger partial charge in [-0.25, -0.2) is 4.90 Å². The molecule has 212 valence electrons. The maximum atomic E-state index is 14.4. The fourth-order valence-corrected chi connectivity index (χ4v) is 8.84. The van der Waals surface area contributed by atoms with Crippen LogP contribution < -0.4 is 4.90 Å². The minimum absolute atomic E-state index is 0.0147. The van der Waals surface area contributed by atoms with Crippen LogP contribution in [-0.2, 0) is 19.2 Å². The van der Waals surface area contributed by atoms with E-state index in [2.05, 4.69) is 0 Å². The number of imide groups is 2. The summed E-state index contributed by atoms with van der Waals surface area (Å²) in [6.07, 6.45) is 7.50. The van der Waals surface area contributed by atoms with Gasteiger partial charge in [-0.15, -0.1) is 0 Å². The summed E-state index contributed by atoms with van der Waals surface area (Å²) in [6, 6.07) is 13.6. The average Bonchev–Trinajstić information content (AvgIpc) is 3.35. The highest BCUT2D eigenvalue weighted by atomic mass is 35.5. The van der Waals surface area contributed by atoms with E-state index in [1.807, 2.05) is 19.1 Å². The third kappa shape index (κ3) is 3.70. The van der Waals surface area contributed by atoms with Crippen molar-refractivity contribution >= 4 is 40.9 Å². The van der Waals surface area contributed by atoms with Gasteiger partial charge in [0.15, 0.2) is 0 Å². The van der Waals surface area contributed by atoms with E-state index in [0.717, 1.165) is 37.7 Å². The molecule has 3 aliphatic carbocycles. The van der Waals surface area contributed by atoms with E-state index in [-0.39, 0.29) is 35.4 Å². The predicted molar refractivity (Wildman–Crippen MR) is 153 cm³/mol. The Morgan fingerprint density at radius 1 is 0.902 bits per heavy atom. The maximum Gasteiger partial charge on any atom is 0.241 e. The van der Waals surface area contributed by atoms with Gasteiger partial charge in [0.1, 0.15) is 5.75 Å². The van der Waals surface area contributed by atoms with Gasteiger partial charge in [-0.3, -0.25) is 24.1 Å². The van der Waals surface area contributed by atoms with Crippen LogP contribution in [0.5, 0.6) is 5.75 Å². The molecule has 2 aromatic carbocycles. The molecule has 1 N–H and O–H groups in total. The molecule has 0 aromatic heterocycles. The second-order valence-electron chi connectivity index (χ2n) is 12.5. The van der Waals surface area contributed by atoms with Crippen molar-refractivity contribution in [1.29, 1.82) is 0 Å². The topological polar surface area (TPSA) is 95.0 Å². The zero-order chi connectivity index (χ0) is 28.6. The fraction of sp³-hybridized carbons (Fsp3) is 0.455. The summed E-state index contributed by atoms with van der Waals surface area (Å²) in [5.41, 5.74) is 0.609. The van der Waals surface area contributed by atoms with Gasteiger partial charge in [0.2, 0.25) is 23.6 Å². The van der Waals surface area contributed by atoms with Crippen molar-refractivity contribution in [3.63, 3.8) is 0 Å². The molecular formula is C33H33ClN2O5. The number of rotatable bonds is 3. The van der Waals surface area contributed by atoms with Crippen molar-refractivity contribution < 1.29 is 24.3 Å². The van der Waals surface area contributed by atoms with E-state index in [0.29, 0.717) is 29.1 Å². The lowest BCUT2D eigenvalue weighted by Crippen LogP contribution is -2.49. The summed E-state index contributed by atoms with van der Waals surface area (Å²) in [5, 5.41) is 11.5. The number of fused-ring (bicyclic) bond motifs is 4. The second kappa shape index (κ2) is 9.55. The quantitative estimate of drug-likeness (QED) is 0.381. The summed E-state index contributed by atoms with van der Waals surface area (Å²) in [4.78, 5) is 59.1. The number of phenols is 1. The van der Waals surface area contributed by atoms with Crippen LogP contribution in [0.25, 0.3) is 0 Å². The Morgan fingerprint density at radius 3 is 2.37 bits per heavy atom. The van der Waals surface area contributed by atoms with E-state index < -0.39 is 35.0 Å². The molecule has 0 bridgehead atoms. The average molecular weight is 573 g/mol. The predicted octanol–water partition coefficient (Wildman–Crippen LogP) is 5.61. The highest BCUT2D eigenvalue weighted by Crippen LogP contribution is 2.64. The minimum Gasteiger partial charge on any atom is -0.508 e. The number of carbonyl (C=O) groups excluding carboxylic acids is 4.